The van der Waals surface area contributed by atoms with Gasteiger partial charge in [-0.05, 0) is 76.7 Å². The SMILES string of the molecule is COc1ccc(CCCc2nnc(SCC(=O)NN=Cc3cc(Br)c(O)c(OC)c3)o2)c(C)c1. The number of halogens is 1. The van der Waals surface area contributed by atoms with E-state index in [0.29, 0.717) is 33.3 Å². The Balaban J connectivity index is 1.41. The Morgan fingerprint density at radius 1 is 1.24 bits per heavy atom. The third-order valence-corrected chi connectivity index (χ3v) is 6.26. The van der Waals surface area contributed by atoms with Gasteiger partial charge in [0, 0.05) is 6.42 Å². The molecule has 3 rings (SSSR count). The number of carbonyl (C=O) groups is 1. The number of hydrogen-bond acceptors (Lipinski definition) is 9. The minimum Gasteiger partial charge on any atom is -0.503 e. The third-order valence-electron chi connectivity index (χ3n) is 4.84. The summed E-state index contributed by atoms with van der Waals surface area (Å²) < 4.78 is 16.4. The van der Waals surface area contributed by atoms with Gasteiger partial charge in [0.25, 0.3) is 11.1 Å². The number of hydrazone groups is 1. The summed E-state index contributed by atoms with van der Waals surface area (Å²) in [7, 11) is 3.11. The molecule has 0 spiro atoms. The molecule has 0 atom stereocenters. The van der Waals surface area contributed by atoms with E-state index in [9.17, 15) is 9.90 Å². The molecule has 0 bridgehead atoms. The second-order valence-electron chi connectivity index (χ2n) is 7.24. The van der Waals surface area contributed by atoms with E-state index in [-0.39, 0.29) is 17.4 Å². The Morgan fingerprint density at radius 2 is 2.06 bits per heavy atom. The number of aromatic hydroxyl groups is 1. The normalized spacial score (nSPS) is 11.1. The van der Waals surface area contributed by atoms with E-state index in [1.807, 2.05) is 12.1 Å². The van der Waals surface area contributed by atoms with Crippen LogP contribution in [0.4, 0.5) is 0 Å². The summed E-state index contributed by atoms with van der Waals surface area (Å²) in [5.41, 5.74) is 5.52. The van der Waals surface area contributed by atoms with Crippen LogP contribution in [0, 0.1) is 6.92 Å². The van der Waals surface area contributed by atoms with Gasteiger partial charge in [-0.2, -0.15) is 5.10 Å². The molecule has 180 valence electrons. The zero-order valence-electron chi connectivity index (χ0n) is 19.0. The molecule has 2 N–H and O–H groups in total. The highest BCUT2D eigenvalue weighted by Crippen LogP contribution is 2.34. The van der Waals surface area contributed by atoms with Gasteiger partial charge >= 0.3 is 0 Å². The van der Waals surface area contributed by atoms with Gasteiger partial charge in [-0.3, -0.25) is 4.79 Å². The summed E-state index contributed by atoms with van der Waals surface area (Å²) >= 11 is 4.38. The van der Waals surface area contributed by atoms with Crippen LogP contribution in [0.1, 0.15) is 29.0 Å². The summed E-state index contributed by atoms with van der Waals surface area (Å²) in [5.74, 6) is 1.44. The van der Waals surface area contributed by atoms with Crippen LogP contribution < -0.4 is 14.9 Å². The Bertz CT molecular complexity index is 1170. The largest absolute Gasteiger partial charge is 0.503 e. The molecule has 0 aliphatic carbocycles. The van der Waals surface area contributed by atoms with Crippen LogP contribution in [-0.4, -0.2) is 47.4 Å². The van der Waals surface area contributed by atoms with Gasteiger partial charge in [0.05, 0.1) is 30.7 Å². The quantitative estimate of drug-likeness (QED) is 0.207. The number of thioether (sulfide) groups is 1. The maximum absolute atomic E-state index is 12.0. The minimum absolute atomic E-state index is 0.00476. The van der Waals surface area contributed by atoms with Gasteiger partial charge < -0.3 is 19.0 Å². The molecule has 1 aromatic heterocycles. The van der Waals surface area contributed by atoms with E-state index in [1.165, 1.54) is 24.5 Å². The number of hydrogen-bond donors (Lipinski definition) is 2. The van der Waals surface area contributed by atoms with E-state index in [0.717, 1.165) is 30.4 Å². The van der Waals surface area contributed by atoms with Crippen LogP contribution >= 0.6 is 27.7 Å². The van der Waals surface area contributed by atoms with Crippen LogP contribution in [-0.2, 0) is 17.6 Å². The molecule has 0 fully saturated rings. The average molecular weight is 549 g/mol. The first-order valence-corrected chi connectivity index (χ1v) is 12.1. The molecule has 0 aliphatic rings. The number of phenols is 1. The number of phenolic OH excluding ortho intramolecular Hbond substituents is 1. The zero-order valence-corrected chi connectivity index (χ0v) is 21.4. The van der Waals surface area contributed by atoms with Crippen LogP contribution in [0.5, 0.6) is 17.2 Å². The third kappa shape index (κ3) is 7.22. The highest BCUT2D eigenvalue weighted by atomic mass is 79.9. The van der Waals surface area contributed by atoms with Crippen molar-refractivity contribution in [2.24, 2.45) is 5.10 Å². The van der Waals surface area contributed by atoms with Crippen molar-refractivity contribution in [2.45, 2.75) is 31.4 Å². The lowest BCUT2D eigenvalue weighted by molar-refractivity contribution is -0.118. The maximum Gasteiger partial charge on any atom is 0.277 e. The molecule has 11 heteroatoms. The van der Waals surface area contributed by atoms with Crippen molar-refractivity contribution in [3.8, 4) is 17.2 Å². The van der Waals surface area contributed by atoms with Crippen LogP contribution in [0.3, 0.4) is 0 Å². The topological polar surface area (TPSA) is 119 Å². The van der Waals surface area contributed by atoms with Gasteiger partial charge in [-0.1, -0.05) is 17.8 Å². The van der Waals surface area contributed by atoms with Crippen molar-refractivity contribution < 1.29 is 23.8 Å². The second-order valence-corrected chi connectivity index (χ2v) is 9.02. The summed E-state index contributed by atoms with van der Waals surface area (Å²) in [5, 5.41) is 22.1. The number of methoxy groups -OCH3 is 2. The molecule has 1 heterocycles. The molecule has 0 saturated carbocycles. The number of carbonyl (C=O) groups excluding carboxylic acids is 1. The highest BCUT2D eigenvalue weighted by molar-refractivity contribution is 9.10. The molecule has 0 aliphatic heterocycles. The van der Waals surface area contributed by atoms with Crippen LogP contribution in [0.25, 0.3) is 0 Å². The number of ether oxygens (including phenoxy) is 2. The monoisotopic (exact) mass is 548 g/mol. The lowest BCUT2D eigenvalue weighted by Crippen LogP contribution is -2.19. The highest BCUT2D eigenvalue weighted by Gasteiger charge is 2.11. The summed E-state index contributed by atoms with van der Waals surface area (Å²) in [6.45, 7) is 2.06. The average Bonchev–Trinajstić information content (AvgIpc) is 3.28. The molecule has 34 heavy (non-hydrogen) atoms. The van der Waals surface area contributed by atoms with Crippen LogP contribution in [0.15, 0.2) is 49.5 Å². The van der Waals surface area contributed by atoms with E-state index in [4.69, 9.17) is 13.9 Å². The predicted molar refractivity (Wildman–Crippen MR) is 133 cm³/mol. The fourth-order valence-electron chi connectivity index (χ4n) is 3.07. The van der Waals surface area contributed by atoms with Crippen molar-refractivity contribution in [1.82, 2.24) is 15.6 Å². The number of nitrogens with one attached hydrogen (secondary N) is 1. The first-order valence-electron chi connectivity index (χ1n) is 10.4. The predicted octanol–water partition coefficient (Wildman–Crippen LogP) is 4.28. The standard InChI is InChI=1S/C23H25BrN4O5S/c1-14-9-17(31-2)8-7-16(14)5-4-6-21-27-28-23(33-21)34-13-20(29)26-25-12-15-10-18(24)22(30)19(11-15)32-3/h7-12,30H,4-6,13H2,1-3H3,(H,26,29). The van der Waals surface area contributed by atoms with Crippen molar-refractivity contribution >= 4 is 39.8 Å². The van der Waals surface area contributed by atoms with Gasteiger partial charge in [-0.15, -0.1) is 10.2 Å². The number of rotatable bonds is 11. The summed E-state index contributed by atoms with van der Waals surface area (Å²) in [6, 6.07) is 9.30. The van der Waals surface area contributed by atoms with Gasteiger partial charge in [0.1, 0.15) is 5.75 Å². The number of benzene rings is 2. The van der Waals surface area contributed by atoms with Gasteiger partial charge in [0.2, 0.25) is 5.89 Å². The lowest BCUT2D eigenvalue weighted by Gasteiger charge is -2.07. The smallest absolute Gasteiger partial charge is 0.277 e. The van der Waals surface area contributed by atoms with E-state index in [1.54, 1.807) is 19.2 Å². The molecule has 9 nitrogen and oxygen atoms in total. The van der Waals surface area contributed by atoms with Crippen molar-refractivity contribution in [3.05, 3.63) is 57.4 Å². The molecular weight excluding hydrogens is 524 g/mol. The Kier molecular flexibility index (Phi) is 9.34. The Morgan fingerprint density at radius 3 is 2.79 bits per heavy atom. The first kappa shape index (κ1) is 25.6. The van der Waals surface area contributed by atoms with E-state index >= 15 is 0 Å². The fraction of sp³-hybridized carbons (Fsp3) is 0.304. The summed E-state index contributed by atoms with van der Waals surface area (Å²) in [4.78, 5) is 12.0. The van der Waals surface area contributed by atoms with Crippen molar-refractivity contribution in [1.29, 1.82) is 0 Å². The lowest BCUT2D eigenvalue weighted by atomic mass is 10.0. The number of aromatic nitrogens is 2. The molecular formula is C23H25BrN4O5S. The fourth-order valence-corrected chi connectivity index (χ4v) is 4.10. The Hall–Kier alpha value is -3.05. The minimum atomic E-state index is -0.319. The zero-order chi connectivity index (χ0) is 24.5. The molecule has 0 unspecified atom stereocenters. The Labute approximate surface area is 210 Å². The second kappa shape index (κ2) is 12.4. The van der Waals surface area contributed by atoms with Gasteiger partial charge in [0.15, 0.2) is 11.5 Å². The molecule has 0 radical (unpaired) electrons. The number of amides is 1. The summed E-state index contributed by atoms with van der Waals surface area (Å²) in [6.07, 6.45) is 3.86. The first-order chi connectivity index (χ1) is 16.4. The van der Waals surface area contributed by atoms with Crippen molar-refractivity contribution in [3.63, 3.8) is 0 Å². The number of aryl methyl sites for hydroxylation is 3. The number of nitrogens with zero attached hydrogens (tertiary/aromatic N) is 3. The molecule has 1 amide bonds. The van der Waals surface area contributed by atoms with Crippen molar-refractivity contribution in [2.75, 3.05) is 20.0 Å². The molecule has 0 saturated heterocycles. The van der Waals surface area contributed by atoms with Gasteiger partial charge in [-0.25, -0.2) is 5.43 Å². The molecule has 3 aromatic rings. The van der Waals surface area contributed by atoms with E-state index < -0.39 is 0 Å². The van der Waals surface area contributed by atoms with E-state index in [2.05, 4.69) is 49.6 Å². The van der Waals surface area contributed by atoms with Crippen LogP contribution in [0.2, 0.25) is 0 Å². The molecule has 2 aromatic carbocycles. The maximum atomic E-state index is 12.0.